The van der Waals surface area contributed by atoms with Crippen molar-refractivity contribution in [2.45, 2.75) is 4.90 Å². The molecule has 12 heavy (non-hydrogen) atoms. The number of benzene rings is 1. The molecule has 1 aliphatic heterocycles. The van der Waals surface area contributed by atoms with E-state index in [4.69, 9.17) is 4.42 Å². The number of thioether (sulfide) groups is 1. The molecule has 0 atom stereocenters. The molecule has 0 radical (unpaired) electrons. The Morgan fingerprint density at radius 2 is 2.25 bits per heavy atom. The standard InChI is InChI=1S/C10H6OS/c1-2-8-10-7(6-11-8)4-5-12-9(10)3-1/h1-6H. The summed E-state index contributed by atoms with van der Waals surface area (Å²) < 4.78 is 5.40. The van der Waals surface area contributed by atoms with Gasteiger partial charge in [0.25, 0.3) is 0 Å². The highest BCUT2D eigenvalue weighted by Crippen LogP contribution is 2.37. The smallest absolute Gasteiger partial charge is 0.135 e. The van der Waals surface area contributed by atoms with E-state index in [1.165, 1.54) is 15.8 Å². The van der Waals surface area contributed by atoms with Crippen LogP contribution in [0.4, 0.5) is 0 Å². The highest BCUT2D eigenvalue weighted by molar-refractivity contribution is 8.02. The maximum Gasteiger partial charge on any atom is 0.135 e. The van der Waals surface area contributed by atoms with Gasteiger partial charge in [0, 0.05) is 15.8 Å². The predicted molar refractivity (Wildman–Crippen MR) is 51.1 cm³/mol. The lowest BCUT2D eigenvalue weighted by Gasteiger charge is -2.03. The second kappa shape index (κ2) is 2.17. The van der Waals surface area contributed by atoms with Gasteiger partial charge in [0.15, 0.2) is 0 Å². The third kappa shape index (κ3) is 0.703. The Labute approximate surface area is 74.1 Å². The maximum atomic E-state index is 5.40. The van der Waals surface area contributed by atoms with Crippen LogP contribution in [0.3, 0.4) is 0 Å². The Hall–Kier alpha value is -1.15. The van der Waals surface area contributed by atoms with Crippen LogP contribution < -0.4 is 0 Å². The summed E-state index contributed by atoms with van der Waals surface area (Å²) in [5.41, 5.74) is 2.18. The normalized spacial score (nSPS) is 14.0. The van der Waals surface area contributed by atoms with E-state index in [9.17, 15) is 0 Å². The van der Waals surface area contributed by atoms with Crippen LogP contribution in [0.25, 0.3) is 17.0 Å². The molecule has 0 amide bonds. The third-order valence-electron chi connectivity index (χ3n) is 2.03. The van der Waals surface area contributed by atoms with Crippen molar-refractivity contribution in [1.29, 1.82) is 0 Å². The van der Waals surface area contributed by atoms with Gasteiger partial charge in [-0.3, -0.25) is 0 Å². The molecule has 2 aromatic rings. The molecule has 0 saturated heterocycles. The Balaban J connectivity index is 2.57. The van der Waals surface area contributed by atoms with Crippen LogP contribution in [0.1, 0.15) is 5.56 Å². The molecule has 1 aliphatic rings. The Morgan fingerprint density at radius 1 is 1.25 bits per heavy atom. The van der Waals surface area contributed by atoms with E-state index in [2.05, 4.69) is 17.6 Å². The van der Waals surface area contributed by atoms with Gasteiger partial charge in [-0.1, -0.05) is 17.8 Å². The van der Waals surface area contributed by atoms with Gasteiger partial charge in [-0.05, 0) is 23.6 Å². The molecule has 58 valence electrons. The maximum absolute atomic E-state index is 5.40. The van der Waals surface area contributed by atoms with Crippen molar-refractivity contribution >= 4 is 28.8 Å². The summed E-state index contributed by atoms with van der Waals surface area (Å²) in [6, 6.07) is 6.15. The average Bonchev–Trinajstić information content (AvgIpc) is 2.52. The lowest BCUT2D eigenvalue weighted by Crippen LogP contribution is -1.77. The van der Waals surface area contributed by atoms with Crippen LogP contribution in [0.5, 0.6) is 0 Å². The Bertz CT molecular complexity index is 468. The molecule has 1 aromatic heterocycles. The van der Waals surface area contributed by atoms with E-state index < -0.39 is 0 Å². The molecular weight excluding hydrogens is 168 g/mol. The molecule has 0 aliphatic carbocycles. The molecule has 0 saturated carbocycles. The van der Waals surface area contributed by atoms with Crippen molar-refractivity contribution < 1.29 is 4.42 Å². The summed E-state index contributed by atoms with van der Waals surface area (Å²) in [6.45, 7) is 0. The van der Waals surface area contributed by atoms with Crippen LogP contribution in [-0.2, 0) is 0 Å². The van der Waals surface area contributed by atoms with Crippen molar-refractivity contribution in [3.63, 3.8) is 0 Å². The molecule has 1 nitrogen and oxygen atoms in total. The highest BCUT2D eigenvalue weighted by Gasteiger charge is 2.10. The average molecular weight is 174 g/mol. The van der Waals surface area contributed by atoms with Crippen molar-refractivity contribution in [3.05, 3.63) is 35.4 Å². The molecule has 2 heteroatoms. The fourth-order valence-electron chi connectivity index (χ4n) is 1.48. The van der Waals surface area contributed by atoms with Crippen molar-refractivity contribution in [1.82, 2.24) is 0 Å². The van der Waals surface area contributed by atoms with E-state index in [1.807, 2.05) is 18.4 Å². The summed E-state index contributed by atoms with van der Waals surface area (Å²) in [5.74, 6) is 0. The lowest BCUT2D eigenvalue weighted by atomic mass is 10.2. The first-order valence-corrected chi connectivity index (χ1v) is 4.66. The van der Waals surface area contributed by atoms with Crippen LogP contribution in [0.2, 0.25) is 0 Å². The quantitative estimate of drug-likeness (QED) is 0.606. The second-order valence-corrected chi connectivity index (χ2v) is 3.69. The Morgan fingerprint density at radius 3 is 3.25 bits per heavy atom. The second-order valence-electron chi connectivity index (χ2n) is 2.74. The van der Waals surface area contributed by atoms with Gasteiger partial charge in [-0.2, -0.15) is 0 Å². The minimum Gasteiger partial charge on any atom is -0.464 e. The minimum absolute atomic E-state index is 0.986. The largest absolute Gasteiger partial charge is 0.464 e. The van der Waals surface area contributed by atoms with Crippen LogP contribution in [-0.4, -0.2) is 0 Å². The number of hydrogen-bond donors (Lipinski definition) is 0. The molecule has 2 heterocycles. The first-order valence-electron chi connectivity index (χ1n) is 3.78. The van der Waals surface area contributed by atoms with Crippen LogP contribution in [0.15, 0.2) is 39.2 Å². The third-order valence-corrected chi connectivity index (χ3v) is 2.90. The Kier molecular flexibility index (Phi) is 1.15. The SMILES string of the molecule is C1=Cc2coc3cccc(c23)S1. The molecule has 0 spiro atoms. The fourth-order valence-corrected chi connectivity index (χ4v) is 2.34. The monoisotopic (exact) mass is 174 g/mol. The number of hydrogen-bond acceptors (Lipinski definition) is 2. The summed E-state index contributed by atoms with van der Waals surface area (Å²) in [4.78, 5) is 1.29. The molecule has 3 rings (SSSR count). The molecular formula is C10H6OS. The van der Waals surface area contributed by atoms with Crippen LogP contribution in [0, 0.1) is 0 Å². The van der Waals surface area contributed by atoms with E-state index in [0.29, 0.717) is 0 Å². The first kappa shape index (κ1) is 6.38. The van der Waals surface area contributed by atoms with E-state index in [-0.39, 0.29) is 0 Å². The summed E-state index contributed by atoms with van der Waals surface area (Å²) in [7, 11) is 0. The molecule has 1 aromatic carbocycles. The first-order chi connectivity index (χ1) is 5.95. The zero-order valence-electron chi connectivity index (χ0n) is 6.28. The van der Waals surface area contributed by atoms with Crippen molar-refractivity contribution in [3.8, 4) is 0 Å². The van der Waals surface area contributed by atoms with Crippen LogP contribution >= 0.6 is 11.8 Å². The van der Waals surface area contributed by atoms with E-state index in [1.54, 1.807) is 11.8 Å². The van der Waals surface area contributed by atoms with E-state index >= 15 is 0 Å². The molecule has 0 bridgehead atoms. The topological polar surface area (TPSA) is 13.1 Å². The van der Waals surface area contributed by atoms with Gasteiger partial charge < -0.3 is 4.42 Å². The summed E-state index contributed by atoms with van der Waals surface area (Å²) in [5, 5.41) is 3.34. The predicted octanol–water partition coefficient (Wildman–Crippen LogP) is 3.51. The zero-order chi connectivity index (χ0) is 7.97. The van der Waals surface area contributed by atoms with Gasteiger partial charge in [0.2, 0.25) is 0 Å². The van der Waals surface area contributed by atoms with Crippen molar-refractivity contribution in [2.24, 2.45) is 0 Å². The van der Waals surface area contributed by atoms with Gasteiger partial charge in [0.1, 0.15) is 5.58 Å². The fraction of sp³-hybridized carbons (Fsp3) is 0. The van der Waals surface area contributed by atoms with Gasteiger partial charge in [-0.25, -0.2) is 0 Å². The van der Waals surface area contributed by atoms with Gasteiger partial charge in [0.05, 0.1) is 6.26 Å². The summed E-state index contributed by atoms with van der Waals surface area (Å²) in [6.07, 6.45) is 3.90. The number of furan rings is 1. The lowest BCUT2D eigenvalue weighted by molar-refractivity contribution is 0.615. The van der Waals surface area contributed by atoms with Crippen molar-refractivity contribution in [2.75, 3.05) is 0 Å². The van der Waals surface area contributed by atoms with Gasteiger partial charge in [-0.15, -0.1) is 0 Å². The minimum atomic E-state index is 0.986. The molecule has 0 N–H and O–H groups in total. The molecule has 0 fully saturated rings. The highest BCUT2D eigenvalue weighted by atomic mass is 32.2. The number of rotatable bonds is 0. The summed E-state index contributed by atoms with van der Waals surface area (Å²) >= 11 is 1.75. The zero-order valence-corrected chi connectivity index (χ0v) is 7.10. The van der Waals surface area contributed by atoms with E-state index in [0.717, 1.165) is 5.58 Å². The molecule has 0 unspecified atom stereocenters. The van der Waals surface area contributed by atoms with Gasteiger partial charge >= 0.3 is 0 Å².